The van der Waals surface area contributed by atoms with E-state index < -0.39 is 11.0 Å². The highest BCUT2D eigenvalue weighted by molar-refractivity contribution is 5.80. The normalized spacial score (nSPS) is 33.4. The second-order valence-corrected chi connectivity index (χ2v) is 10.4. The maximum Gasteiger partial charge on any atom is 0.223 e. The Labute approximate surface area is 188 Å². The molecule has 3 N–H and O–H groups in total. The highest BCUT2D eigenvalue weighted by Gasteiger charge is 2.68. The van der Waals surface area contributed by atoms with Crippen LogP contribution in [0.25, 0.3) is 0 Å². The molecule has 1 saturated heterocycles. The Kier molecular flexibility index (Phi) is 4.60. The summed E-state index contributed by atoms with van der Waals surface area (Å²) in [4.78, 5) is 19.9. The Hall–Kier alpha value is -2.44. The molecule has 2 saturated carbocycles. The number of phenols is 1. The van der Waals surface area contributed by atoms with Crippen molar-refractivity contribution < 1.29 is 15.0 Å². The molecule has 6 nitrogen and oxygen atoms in total. The van der Waals surface area contributed by atoms with Crippen molar-refractivity contribution in [2.24, 2.45) is 11.8 Å². The van der Waals surface area contributed by atoms with E-state index in [9.17, 15) is 15.0 Å². The van der Waals surface area contributed by atoms with Crippen molar-refractivity contribution in [1.29, 1.82) is 0 Å². The molecule has 4 atom stereocenters. The number of phenolic OH excluding ortho intramolecular Hbond substituents is 1. The van der Waals surface area contributed by atoms with Crippen LogP contribution in [-0.4, -0.2) is 50.7 Å². The minimum absolute atomic E-state index is 0.00662. The van der Waals surface area contributed by atoms with Crippen molar-refractivity contribution >= 4 is 5.91 Å². The van der Waals surface area contributed by atoms with Crippen LogP contribution in [0.5, 0.6) is 5.75 Å². The highest BCUT2D eigenvalue weighted by atomic mass is 16.3. The first-order valence-corrected chi connectivity index (χ1v) is 11.9. The molecule has 1 amide bonds. The van der Waals surface area contributed by atoms with Gasteiger partial charge in [-0.05, 0) is 85.9 Å². The second-order valence-electron chi connectivity index (χ2n) is 10.4. The Bertz CT molecular complexity index is 1040. The van der Waals surface area contributed by atoms with Crippen LogP contribution in [0.4, 0.5) is 0 Å². The molecule has 2 bridgehead atoms. The molecule has 32 heavy (non-hydrogen) atoms. The van der Waals surface area contributed by atoms with Gasteiger partial charge in [-0.25, -0.2) is 0 Å². The maximum atomic E-state index is 13.2. The Morgan fingerprint density at radius 2 is 2.12 bits per heavy atom. The fourth-order valence-corrected chi connectivity index (χ4v) is 6.85. The average Bonchev–Trinajstić information content (AvgIpc) is 3.54. The standard InChI is InChI=1S/C26H31N3O3/c30-21-6-5-19-10-23-26(32)13-20(24(31)28-15-18-2-1-8-27-14-18)12-25(26,22(19)11-21)7-9-29(23)16-17-3-4-17/h1-2,5-6,8,11,14,17,20,23,30,32H,3-4,7,9-10,12-13,15-16H2,(H,28,31). The van der Waals surface area contributed by atoms with E-state index in [0.717, 1.165) is 43.0 Å². The summed E-state index contributed by atoms with van der Waals surface area (Å²) in [6.45, 7) is 2.44. The molecular formula is C26H31N3O3. The van der Waals surface area contributed by atoms with E-state index in [1.54, 1.807) is 18.5 Å². The summed E-state index contributed by atoms with van der Waals surface area (Å²) in [7, 11) is 0. The third-order valence-corrected chi connectivity index (χ3v) is 8.57. The van der Waals surface area contributed by atoms with Crippen molar-refractivity contribution in [3.63, 3.8) is 0 Å². The van der Waals surface area contributed by atoms with Gasteiger partial charge >= 0.3 is 0 Å². The molecule has 4 aliphatic rings. The van der Waals surface area contributed by atoms with Crippen molar-refractivity contribution in [2.45, 2.75) is 62.1 Å². The van der Waals surface area contributed by atoms with Crippen LogP contribution in [0, 0.1) is 11.8 Å². The van der Waals surface area contributed by atoms with Gasteiger partial charge < -0.3 is 15.5 Å². The van der Waals surface area contributed by atoms with Gasteiger partial charge in [-0.1, -0.05) is 12.1 Å². The maximum absolute atomic E-state index is 13.2. The summed E-state index contributed by atoms with van der Waals surface area (Å²) in [6.07, 6.45) is 8.79. The van der Waals surface area contributed by atoms with E-state index in [2.05, 4.69) is 15.2 Å². The SMILES string of the molecule is O=C(NCc1cccnc1)C1CC23CCN(CC4CC4)C(Cc4ccc(O)cc42)C3(O)C1. The molecule has 168 valence electrons. The number of nitrogens with zero attached hydrogens (tertiary/aromatic N) is 2. The van der Waals surface area contributed by atoms with Crippen LogP contribution in [0.1, 0.15) is 48.8 Å². The summed E-state index contributed by atoms with van der Waals surface area (Å²) >= 11 is 0. The number of aliphatic hydroxyl groups is 1. The summed E-state index contributed by atoms with van der Waals surface area (Å²) in [6, 6.07) is 9.49. The zero-order valence-electron chi connectivity index (χ0n) is 18.3. The number of pyridine rings is 1. The molecule has 6 rings (SSSR count). The fraction of sp³-hybridized carbons (Fsp3) is 0.538. The monoisotopic (exact) mass is 433 g/mol. The van der Waals surface area contributed by atoms with Crippen molar-refractivity contribution in [1.82, 2.24) is 15.2 Å². The zero-order valence-corrected chi connectivity index (χ0v) is 18.3. The first-order chi connectivity index (χ1) is 15.5. The van der Waals surface area contributed by atoms with Gasteiger partial charge in [0.2, 0.25) is 5.91 Å². The molecule has 2 aromatic rings. The number of aromatic nitrogens is 1. The minimum Gasteiger partial charge on any atom is -0.508 e. The summed E-state index contributed by atoms with van der Waals surface area (Å²) in [5.74, 6) is 0.761. The number of likely N-dealkylation sites (tertiary alicyclic amines) is 1. The number of piperidine rings is 1. The van der Waals surface area contributed by atoms with Gasteiger partial charge in [0.25, 0.3) is 0 Å². The van der Waals surface area contributed by atoms with Crippen LogP contribution in [0.15, 0.2) is 42.7 Å². The van der Waals surface area contributed by atoms with Crippen molar-refractivity contribution in [3.8, 4) is 5.75 Å². The van der Waals surface area contributed by atoms with Gasteiger partial charge in [0.1, 0.15) is 5.75 Å². The van der Waals surface area contributed by atoms with Crippen molar-refractivity contribution in [2.75, 3.05) is 13.1 Å². The van der Waals surface area contributed by atoms with E-state index in [-0.39, 0.29) is 23.6 Å². The third kappa shape index (κ3) is 3.07. The number of hydrogen-bond acceptors (Lipinski definition) is 5. The quantitative estimate of drug-likeness (QED) is 0.675. The zero-order chi connectivity index (χ0) is 21.9. The molecular weight excluding hydrogens is 402 g/mol. The van der Waals surface area contributed by atoms with Crippen LogP contribution in [0.2, 0.25) is 0 Å². The largest absolute Gasteiger partial charge is 0.508 e. The molecule has 1 aliphatic heterocycles. The van der Waals surface area contributed by atoms with Crippen LogP contribution < -0.4 is 5.32 Å². The van der Waals surface area contributed by atoms with E-state index in [0.29, 0.717) is 19.4 Å². The van der Waals surface area contributed by atoms with Crippen LogP contribution in [-0.2, 0) is 23.2 Å². The number of benzene rings is 1. The van der Waals surface area contributed by atoms with Gasteiger partial charge in [0, 0.05) is 42.9 Å². The number of rotatable bonds is 5. The lowest BCUT2D eigenvalue weighted by Gasteiger charge is -2.59. The lowest BCUT2D eigenvalue weighted by atomic mass is 9.56. The van der Waals surface area contributed by atoms with Crippen LogP contribution in [0.3, 0.4) is 0 Å². The summed E-state index contributed by atoms with van der Waals surface area (Å²) in [5, 5.41) is 25.7. The number of fused-ring (bicyclic) bond motifs is 1. The predicted molar refractivity (Wildman–Crippen MR) is 120 cm³/mol. The van der Waals surface area contributed by atoms with Gasteiger partial charge in [-0.15, -0.1) is 0 Å². The molecule has 2 heterocycles. The second kappa shape index (κ2) is 7.29. The van der Waals surface area contributed by atoms with Gasteiger partial charge in [-0.3, -0.25) is 14.7 Å². The molecule has 6 heteroatoms. The Morgan fingerprint density at radius 1 is 1.25 bits per heavy atom. The lowest BCUT2D eigenvalue weighted by molar-refractivity contribution is -0.134. The van der Waals surface area contributed by atoms with Gasteiger partial charge in [0.05, 0.1) is 5.60 Å². The van der Waals surface area contributed by atoms with E-state index in [1.807, 2.05) is 24.3 Å². The van der Waals surface area contributed by atoms with Crippen molar-refractivity contribution in [3.05, 3.63) is 59.4 Å². The number of carbonyl (C=O) groups is 1. The summed E-state index contributed by atoms with van der Waals surface area (Å²) < 4.78 is 0. The predicted octanol–water partition coefficient (Wildman–Crippen LogP) is 2.52. The minimum atomic E-state index is -0.947. The Balaban J connectivity index is 1.32. The number of amides is 1. The van der Waals surface area contributed by atoms with Gasteiger partial charge in [0.15, 0.2) is 0 Å². The van der Waals surface area contributed by atoms with E-state index in [1.165, 1.54) is 18.4 Å². The topological polar surface area (TPSA) is 85.7 Å². The third-order valence-electron chi connectivity index (χ3n) is 8.57. The number of aromatic hydroxyl groups is 1. The smallest absolute Gasteiger partial charge is 0.223 e. The molecule has 0 radical (unpaired) electrons. The molecule has 0 spiro atoms. The Morgan fingerprint density at radius 3 is 2.91 bits per heavy atom. The number of nitrogens with one attached hydrogen (secondary N) is 1. The van der Waals surface area contributed by atoms with E-state index >= 15 is 0 Å². The highest BCUT2D eigenvalue weighted by Crippen LogP contribution is 2.62. The molecule has 4 unspecified atom stereocenters. The lowest BCUT2D eigenvalue weighted by Crippen LogP contribution is -2.69. The number of carbonyl (C=O) groups excluding carboxylic acids is 1. The number of hydrogen-bond donors (Lipinski definition) is 3. The first kappa shape index (κ1) is 20.2. The van der Waals surface area contributed by atoms with Crippen LogP contribution >= 0.6 is 0 Å². The van der Waals surface area contributed by atoms with Gasteiger partial charge in [-0.2, -0.15) is 0 Å². The first-order valence-electron chi connectivity index (χ1n) is 11.9. The summed E-state index contributed by atoms with van der Waals surface area (Å²) in [5.41, 5.74) is 1.83. The molecule has 1 aromatic carbocycles. The van der Waals surface area contributed by atoms with E-state index in [4.69, 9.17) is 0 Å². The fourth-order valence-electron chi connectivity index (χ4n) is 6.85. The average molecular weight is 434 g/mol. The molecule has 3 fully saturated rings. The molecule has 1 aromatic heterocycles. The molecule has 3 aliphatic carbocycles.